The normalized spacial score (nSPS) is 17.4. The molecule has 7 nitrogen and oxygen atoms in total. The average molecular weight is 323 g/mol. The number of benzene rings is 1. The van der Waals surface area contributed by atoms with Crippen molar-refractivity contribution in [2.75, 3.05) is 18.6 Å². The van der Waals surface area contributed by atoms with Crippen molar-refractivity contribution in [3.05, 3.63) is 52.7 Å². The number of nitrogens with one attached hydrogen (secondary N) is 1. The number of para-hydroxylation sites is 1. The number of hydrogen-bond donors (Lipinski definition) is 1. The van der Waals surface area contributed by atoms with Crippen molar-refractivity contribution in [1.29, 1.82) is 0 Å². The minimum atomic E-state index is -0.117. The van der Waals surface area contributed by atoms with E-state index >= 15 is 0 Å². The lowest BCUT2D eigenvalue weighted by atomic mass is 10.2. The zero-order valence-corrected chi connectivity index (χ0v) is 13.3. The first-order valence-corrected chi connectivity index (χ1v) is 7.89. The topological polar surface area (TPSA) is 84.0 Å². The van der Waals surface area contributed by atoms with Crippen molar-refractivity contribution >= 4 is 16.9 Å². The summed E-state index contributed by atoms with van der Waals surface area (Å²) in [5.74, 6) is 1.76. The van der Waals surface area contributed by atoms with Crippen molar-refractivity contribution in [2.24, 2.45) is 0 Å². The summed E-state index contributed by atoms with van der Waals surface area (Å²) in [6, 6.07) is 9.03. The highest BCUT2D eigenvalue weighted by atomic mass is 16.5. The molecule has 1 aliphatic rings. The quantitative estimate of drug-likeness (QED) is 0.794. The van der Waals surface area contributed by atoms with Crippen molar-refractivity contribution < 1.29 is 4.74 Å². The molecule has 1 saturated heterocycles. The summed E-state index contributed by atoms with van der Waals surface area (Å²) in [6.07, 6.45) is 3.55. The van der Waals surface area contributed by atoms with Crippen molar-refractivity contribution in [1.82, 2.24) is 19.9 Å². The third-order valence-corrected chi connectivity index (χ3v) is 4.28. The van der Waals surface area contributed by atoms with E-state index < -0.39 is 0 Å². The van der Waals surface area contributed by atoms with Gasteiger partial charge in [0.15, 0.2) is 0 Å². The van der Waals surface area contributed by atoms with Crippen molar-refractivity contribution in [3.8, 4) is 5.88 Å². The highest BCUT2D eigenvalue weighted by Gasteiger charge is 2.30. The molecule has 1 N–H and O–H groups in total. The molecule has 1 atom stereocenters. The molecule has 0 radical (unpaired) electrons. The van der Waals surface area contributed by atoms with E-state index in [4.69, 9.17) is 4.74 Å². The predicted molar refractivity (Wildman–Crippen MR) is 90.3 cm³/mol. The number of hydrogen-bond acceptors (Lipinski definition) is 6. The van der Waals surface area contributed by atoms with Gasteiger partial charge in [-0.3, -0.25) is 4.79 Å². The van der Waals surface area contributed by atoms with E-state index in [-0.39, 0.29) is 11.6 Å². The minimum Gasteiger partial charge on any atom is -0.481 e. The Kier molecular flexibility index (Phi) is 3.60. The SMILES string of the molecule is COc1ccnc(N2CCCC2c2nc3ccccc3c(=O)[nH]2)n1. The smallest absolute Gasteiger partial charge is 0.258 e. The highest BCUT2D eigenvalue weighted by molar-refractivity contribution is 5.77. The van der Waals surface area contributed by atoms with E-state index in [9.17, 15) is 4.79 Å². The van der Waals surface area contributed by atoms with Gasteiger partial charge in [0.1, 0.15) is 5.82 Å². The first-order valence-electron chi connectivity index (χ1n) is 7.89. The number of aromatic amines is 1. The fourth-order valence-corrected chi connectivity index (χ4v) is 3.14. The van der Waals surface area contributed by atoms with Crippen LogP contribution in [0.15, 0.2) is 41.3 Å². The second-order valence-corrected chi connectivity index (χ2v) is 5.72. The van der Waals surface area contributed by atoms with Gasteiger partial charge >= 0.3 is 0 Å². The Bertz CT molecular complexity index is 939. The van der Waals surface area contributed by atoms with Gasteiger partial charge in [0.25, 0.3) is 5.56 Å². The molecule has 3 aromatic rings. The van der Waals surface area contributed by atoms with Crippen LogP contribution in [0.25, 0.3) is 10.9 Å². The van der Waals surface area contributed by atoms with Crippen LogP contribution in [0.5, 0.6) is 5.88 Å². The Labute approximate surface area is 138 Å². The lowest BCUT2D eigenvalue weighted by molar-refractivity contribution is 0.396. The van der Waals surface area contributed by atoms with E-state index in [2.05, 4.69) is 24.8 Å². The molecular weight excluding hydrogens is 306 g/mol. The fraction of sp³-hybridized carbons (Fsp3) is 0.294. The van der Waals surface area contributed by atoms with Crippen molar-refractivity contribution in [2.45, 2.75) is 18.9 Å². The first kappa shape index (κ1) is 14.6. The maximum Gasteiger partial charge on any atom is 0.258 e. The minimum absolute atomic E-state index is 0.0468. The van der Waals surface area contributed by atoms with Gasteiger partial charge in [-0.15, -0.1) is 0 Å². The molecule has 0 saturated carbocycles. The van der Waals surface area contributed by atoms with Crippen LogP contribution in [-0.2, 0) is 0 Å². The van der Waals surface area contributed by atoms with Gasteiger partial charge in [0.2, 0.25) is 11.8 Å². The molecule has 0 bridgehead atoms. The van der Waals surface area contributed by atoms with E-state index in [1.165, 1.54) is 0 Å². The Balaban J connectivity index is 1.76. The van der Waals surface area contributed by atoms with Gasteiger partial charge in [-0.05, 0) is 25.0 Å². The highest BCUT2D eigenvalue weighted by Crippen LogP contribution is 2.33. The molecule has 1 aliphatic heterocycles. The fourth-order valence-electron chi connectivity index (χ4n) is 3.14. The average Bonchev–Trinajstić information content (AvgIpc) is 3.11. The zero-order chi connectivity index (χ0) is 16.5. The van der Waals surface area contributed by atoms with Crippen LogP contribution in [0.4, 0.5) is 5.95 Å². The van der Waals surface area contributed by atoms with E-state index in [1.807, 2.05) is 18.2 Å². The van der Waals surface area contributed by atoms with E-state index in [0.29, 0.717) is 28.6 Å². The number of anilines is 1. The number of fused-ring (bicyclic) bond motifs is 1. The molecule has 0 amide bonds. The van der Waals surface area contributed by atoms with Crippen molar-refractivity contribution in [3.63, 3.8) is 0 Å². The first-order chi connectivity index (χ1) is 11.8. The van der Waals surface area contributed by atoms with E-state index in [1.54, 1.807) is 25.4 Å². The molecule has 7 heteroatoms. The molecule has 0 aliphatic carbocycles. The summed E-state index contributed by atoms with van der Waals surface area (Å²) in [4.78, 5) is 30.7. The summed E-state index contributed by atoms with van der Waals surface area (Å²) in [5, 5.41) is 0.600. The molecule has 0 spiro atoms. The summed E-state index contributed by atoms with van der Waals surface area (Å²) in [7, 11) is 1.58. The lowest BCUT2D eigenvalue weighted by Crippen LogP contribution is -2.27. The van der Waals surface area contributed by atoms with E-state index in [0.717, 1.165) is 19.4 Å². The molecule has 1 fully saturated rings. The maximum atomic E-state index is 12.3. The molecular formula is C17H17N5O2. The summed E-state index contributed by atoms with van der Waals surface area (Å²) in [6.45, 7) is 0.814. The van der Waals surface area contributed by atoms with Crippen LogP contribution in [0, 0.1) is 0 Å². The number of ether oxygens (including phenoxy) is 1. The third-order valence-electron chi connectivity index (χ3n) is 4.28. The largest absolute Gasteiger partial charge is 0.481 e. The zero-order valence-electron chi connectivity index (χ0n) is 13.3. The predicted octanol–water partition coefficient (Wildman–Crippen LogP) is 2.06. The van der Waals surface area contributed by atoms with Crippen LogP contribution in [-0.4, -0.2) is 33.6 Å². The second-order valence-electron chi connectivity index (χ2n) is 5.72. The van der Waals surface area contributed by atoms with Crippen LogP contribution in [0.2, 0.25) is 0 Å². The Hall–Kier alpha value is -2.96. The lowest BCUT2D eigenvalue weighted by Gasteiger charge is -2.24. The molecule has 1 aromatic carbocycles. The van der Waals surface area contributed by atoms with Gasteiger partial charge in [-0.25, -0.2) is 9.97 Å². The van der Waals surface area contributed by atoms with Gasteiger partial charge in [-0.1, -0.05) is 12.1 Å². The monoisotopic (exact) mass is 323 g/mol. The van der Waals surface area contributed by atoms with Crippen LogP contribution < -0.4 is 15.2 Å². The third kappa shape index (κ3) is 2.47. The van der Waals surface area contributed by atoms with Gasteiger partial charge < -0.3 is 14.6 Å². The molecule has 1 unspecified atom stereocenters. The number of H-pyrrole nitrogens is 1. The number of aromatic nitrogens is 4. The summed E-state index contributed by atoms with van der Waals surface area (Å²) < 4.78 is 5.18. The van der Waals surface area contributed by atoms with Gasteiger partial charge in [0, 0.05) is 18.8 Å². The number of rotatable bonds is 3. The van der Waals surface area contributed by atoms with Gasteiger partial charge in [-0.2, -0.15) is 4.98 Å². The molecule has 2 aromatic heterocycles. The van der Waals surface area contributed by atoms with Gasteiger partial charge in [0.05, 0.1) is 24.1 Å². The van der Waals surface area contributed by atoms with Crippen LogP contribution in [0.3, 0.4) is 0 Å². The second kappa shape index (κ2) is 5.92. The molecule has 4 rings (SSSR count). The summed E-state index contributed by atoms with van der Waals surface area (Å²) >= 11 is 0. The maximum absolute atomic E-state index is 12.3. The van der Waals surface area contributed by atoms with Crippen LogP contribution >= 0.6 is 0 Å². The molecule has 24 heavy (non-hydrogen) atoms. The Morgan fingerprint density at radius 1 is 1.25 bits per heavy atom. The molecule has 122 valence electrons. The Morgan fingerprint density at radius 3 is 3.00 bits per heavy atom. The Morgan fingerprint density at radius 2 is 2.12 bits per heavy atom. The number of nitrogens with zero attached hydrogens (tertiary/aromatic N) is 4. The molecule has 3 heterocycles. The number of methoxy groups -OCH3 is 1. The standard InChI is InChI=1S/C17H17N5O2/c1-24-14-8-9-18-17(20-14)22-10-4-7-13(22)15-19-12-6-3-2-5-11(12)16(23)21-15/h2-3,5-6,8-9,13H,4,7,10H2,1H3,(H,19,21,23). The summed E-state index contributed by atoms with van der Waals surface area (Å²) in [5.41, 5.74) is 0.587. The van der Waals surface area contributed by atoms with Crippen LogP contribution in [0.1, 0.15) is 24.7 Å².